The van der Waals surface area contributed by atoms with E-state index in [-0.39, 0.29) is 43.9 Å². The van der Waals surface area contributed by atoms with Crippen LogP contribution >= 0.6 is 0 Å². The van der Waals surface area contributed by atoms with Gasteiger partial charge < -0.3 is 29.6 Å². The van der Waals surface area contributed by atoms with Crippen molar-refractivity contribution in [2.75, 3.05) is 13.7 Å². The second kappa shape index (κ2) is 14.5. The van der Waals surface area contributed by atoms with Gasteiger partial charge in [-0.05, 0) is 29.3 Å². The molecule has 6 atom stereocenters. The van der Waals surface area contributed by atoms with E-state index >= 15 is 0 Å². The molecular formula is C34H42N2O8. The van der Waals surface area contributed by atoms with E-state index in [0.29, 0.717) is 5.75 Å². The lowest BCUT2D eigenvalue weighted by molar-refractivity contribution is -0.181. The lowest BCUT2D eigenvalue weighted by Gasteiger charge is -2.31. The van der Waals surface area contributed by atoms with Gasteiger partial charge in [0, 0.05) is 30.7 Å². The summed E-state index contributed by atoms with van der Waals surface area (Å²) < 4.78 is 22.8. The molecule has 0 saturated carbocycles. The highest BCUT2D eigenvalue weighted by atomic mass is 16.6. The molecule has 0 spiro atoms. The fourth-order valence-electron chi connectivity index (χ4n) is 5.14. The van der Waals surface area contributed by atoms with Crippen LogP contribution < -0.4 is 15.4 Å². The van der Waals surface area contributed by atoms with Crippen molar-refractivity contribution < 1.29 is 38.1 Å². The molecule has 0 aromatic heterocycles. The van der Waals surface area contributed by atoms with Crippen LogP contribution in [-0.2, 0) is 39.8 Å². The van der Waals surface area contributed by atoms with E-state index in [0.717, 1.165) is 11.1 Å². The standard InChI is InChI=1S/C34H42N2O8/c1-21(29-30(44-29)23-10-7-6-8-11-23)26-12-9-13-27(37)36-25(20-22-14-16-24(41-5)17-15-22)32(39)35-19-18-28(38)43-31(33(40)42-26)34(2,3)4/h6-11,13-17,21,25-26,29-31H,12,18-20H2,1-5H3,(H,35,39)(H,36,37)/b13-9+/t21-,25+,26-,29+,30+,31+/m0/s1. The van der Waals surface area contributed by atoms with Gasteiger partial charge >= 0.3 is 11.9 Å². The Balaban J connectivity index is 1.56. The number of carbonyl (C=O) groups is 4. The van der Waals surface area contributed by atoms with E-state index in [4.69, 9.17) is 18.9 Å². The van der Waals surface area contributed by atoms with E-state index in [1.54, 1.807) is 46.1 Å². The summed E-state index contributed by atoms with van der Waals surface area (Å²) in [6, 6.07) is 16.1. The van der Waals surface area contributed by atoms with Crippen LogP contribution in [-0.4, -0.2) is 61.8 Å². The minimum Gasteiger partial charge on any atom is -0.497 e. The van der Waals surface area contributed by atoms with Crippen LogP contribution in [0.2, 0.25) is 0 Å². The highest BCUT2D eigenvalue weighted by Gasteiger charge is 2.48. The van der Waals surface area contributed by atoms with Crippen LogP contribution in [0.5, 0.6) is 5.75 Å². The molecule has 44 heavy (non-hydrogen) atoms. The van der Waals surface area contributed by atoms with Gasteiger partial charge in [0.15, 0.2) is 0 Å². The second-order valence-corrected chi connectivity index (χ2v) is 12.3. The molecule has 236 valence electrons. The first kappa shape index (κ1) is 32.7. The first-order chi connectivity index (χ1) is 21.0. The number of cyclic esters (lactones) is 2. The molecule has 0 unspecified atom stereocenters. The maximum Gasteiger partial charge on any atom is 0.348 e. The van der Waals surface area contributed by atoms with Gasteiger partial charge in [0.05, 0.1) is 19.6 Å². The first-order valence-electron chi connectivity index (χ1n) is 14.9. The van der Waals surface area contributed by atoms with E-state index < -0.39 is 47.4 Å². The summed E-state index contributed by atoms with van der Waals surface area (Å²) in [6.07, 6.45) is 1.07. The molecule has 10 nitrogen and oxygen atoms in total. The summed E-state index contributed by atoms with van der Waals surface area (Å²) in [5, 5.41) is 5.46. The van der Waals surface area contributed by atoms with Crippen LogP contribution in [0.1, 0.15) is 57.8 Å². The molecule has 2 aliphatic rings. The summed E-state index contributed by atoms with van der Waals surface area (Å²) in [5.74, 6) is -1.80. The third-order valence-electron chi connectivity index (χ3n) is 7.77. The predicted octanol–water partition coefficient (Wildman–Crippen LogP) is 3.83. The smallest absolute Gasteiger partial charge is 0.348 e. The van der Waals surface area contributed by atoms with Gasteiger partial charge in [-0.1, -0.05) is 76.2 Å². The van der Waals surface area contributed by atoms with Crippen LogP contribution in [0, 0.1) is 11.3 Å². The number of esters is 2. The number of hydrogen-bond acceptors (Lipinski definition) is 8. The Morgan fingerprint density at radius 1 is 0.977 bits per heavy atom. The Hall–Kier alpha value is -4.18. The summed E-state index contributed by atoms with van der Waals surface area (Å²) in [6.45, 7) is 7.26. The van der Waals surface area contributed by atoms with Gasteiger partial charge in [-0.2, -0.15) is 0 Å². The molecule has 1 fully saturated rings. The van der Waals surface area contributed by atoms with Crippen molar-refractivity contribution >= 4 is 23.8 Å². The quantitative estimate of drug-likeness (QED) is 0.375. The summed E-state index contributed by atoms with van der Waals surface area (Å²) >= 11 is 0. The monoisotopic (exact) mass is 606 g/mol. The molecule has 1 saturated heterocycles. The number of hydrogen-bond donors (Lipinski definition) is 2. The van der Waals surface area contributed by atoms with Gasteiger partial charge in [-0.25, -0.2) is 4.79 Å². The van der Waals surface area contributed by atoms with Crippen molar-refractivity contribution in [2.45, 2.75) is 77.4 Å². The molecule has 0 radical (unpaired) electrons. The minimum absolute atomic E-state index is 0.0338. The molecule has 0 bridgehead atoms. The SMILES string of the molecule is COc1ccc(C[C@H]2NC(=O)/C=C/C[C@@H]([C@H](C)[C@H]3O[C@@H]3c3ccccc3)OC(=O)[C@H](C(C)(C)C)OC(=O)CCNC2=O)cc1. The van der Waals surface area contributed by atoms with Crippen LogP contribution in [0.25, 0.3) is 0 Å². The Labute approximate surface area is 258 Å². The molecule has 2 N–H and O–H groups in total. The van der Waals surface area contributed by atoms with Crippen molar-refractivity contribution in [3.05, 3.63) is 77.9 Å². The first-order valence-corrected chi connectivity index (χ1v) is 14.9. The number of ether oxygens (including phenoxy) is 4. The Kier molecular flexibility index (Phi) is 10.8. The fraction of sp³-hybridized carbons (Fsp3) is 0.471. The van der Waals surface area contributed by atoms with Crippen molar-refractivity contribution in [1.29, 1.82) is 0 Å². The van der Waals surface area contributed by atoms with Crippen molar-refractivity contribution in [1.82, 2.24) is 10.6 Å². The molecule has 2 heterocycles. The minimum atomic E-state index is -1.17. The Bertz CT molecular complexity index is 1340. The zero-order valence-corrected chi connectivity index (χ0v) is 25.9. The zero-order chi connectivity index (χ0) is 31.9. The number of epoxide rings is 1. The van der Waals surface area contributed by atoms with Gasteiger partial charge in [0.25, 0.3) is 0 Å². The van der Waals surface area contributed by atoms with Gasteiger partial charge in [-0.15, -0.1) is 0 Å². The zero-order valence-electron chi connectivity index (χ0n) is 25.9. The van der Waals surface area contributed by atoms with E-state index in [2.05, 4.69) is 10.6 Å². The van der Waals surface area contributed by atoms with Crippen molar-refractivity contribution in [3.8, 4) is 5.75 Å². The van der Waals surface area contributed by atoms with Gasteiger partial charge in [-0.3, -0.25) is 14.4 Å². The van der Waals surface area contributed by atoms with Gasteiger partial charge in [0.1, 0.15) is 24.0 Å². The van der Waals surface area contributed by atoms with E-state index in [9.17, 15) is 19.2 Å². The number of nitrogens with one attached hydrogen (secondary N) is 2. The molecular weight excluding hydrogens is 564 g/mol. The third kappa shape index (κ3) is 8.92. The lowest BCUT2D eigenvalue weighted by Crippen LogP contribution is -2.48. The fourth-order valence-corrected chi connectivity index (χ4v) is 5.14. The number of benzene rings is 2. The molecule has 2 aliphatic heterocycles. The average Bonchev–Trinajstić information content (AvgIpc) is 3.79. The van der Waals surface area contributed by atoms with E-state index in [1.807, 2.05) is 49.4 Å². The van der Waals surface area contributed by atoms with Crippen LogP contribution in [0.4, 0.5) is 0 Å². The van der Waals surface area contributed by atoms with Crippen LogP contribution in [0.3, 0.4) is 0 Å². The second-order valence-electron chi connectivity index (χ2n) is 12.3. The lowest BCUT2D eigenvalue weighted by atomic mass is 9.88. The maximum absolute atomic E-state index is 13.5. The highest BCUT2D eigenvalue weighted by molar-refractivity contribution is 5.93. The number of carbonyl (C=O) groups excluding carboxylic acids is 4. The molecule has 4 rings (SSSR count). The normalized spacial score (nSPS) is 26.8. The predicted molar refractivity (Wildman–Crippen MR) is 162 cm³/mol. The molecule has 10 heteroatoms. The number of rotatable bonds is 6. The largest absolute Gasteiger partial charge is 0.497 e. The van der Waals surface area contributed by atoms with Gasteiger partial charge in [0.2, 0.25) is 17.9 Å². The highest BCUT2D eigenvalue weighted by Crippen LogP contribution is 2.45. The number of amides is 2. The maximum atomic E-state index is 13.5. The Morgan fingerprint density at radius 2 is 1.68 bits per heavy atom. The molecule has 2 aromatic carbocycles. The molecule has 0 aliphatic carbocycles. The topological polar surface area (TPSA) is 133 Å². The Morgan fingerprint density at radius 3 is 2.34 bits per heavy atom. The molecule has 2 aromatic rings. The molecule has 2 amide bonds. The number of methoxy groups -OCH3 is 1. The summed E-state index contributed by atoms with van der Waals surface area (Å²) in [5.41, 5.74) is 1.09. The summed E-state index contributed by atoms with van der Waals surface area (Å²) in [7, 11) is 1.57. The van der Waals surface area contributed by atoms with Crippen molar-refractivity contribution in [3.63, 3.8) is 0 Å². The summed E-state index contributed by atoms with van der Waals surface area (Å²) in [4.78, 5) is 52.4. The van der Waals surface area contributed by atoms with Crippen LogP contribution in [0.15, 0.2) is 66.7 Å². The van der Waals surface area contributed by atoms with Crippen molar-refractivity contribution in [2.24, 2.45) is 11.3 Å². The third-order valence-corrected chi connectivity index (χ3v) is 7.77. The average molecular weight is 607 g/mol. The van der Waals surface area contributed by atoms with E-state index in [1.165, 1.54) is 6.08 Å².